The van der Waals surface area contributed by atoms with E-state index in [1.807, 2.05) is 51.2 Å². The molecule has 0 saturated heterocycles. The van der Waals surface area contributed by atoms with Crippen molar-refractivity contribution in [2.75, 3.05) is 20.8 Å². The largest absolute Gasteiger partial charge is 0.496 e. The van der Waals surface area contributed by atoms with Gasteiger partial charge in [-0.2, -0.15) is 0 Å². The van der Waals surface area contributed by atoms with Crippen LogP contribution in [0.1, 0.15) is 31.9 Å². The van der Waals surface area contributed by atoms with Crippen molar-refractivity contribution in [3.8, 4) is 11.5 Å². The molecule has 1 aromatic rings. The average molecular weight is 391 g/mol. The van der Waals surface area contributed by atoms with E-state index in [1.54, 1.807) is 27.2 Å². The number of esters is 1. The molecular weight excluding hydrogens is 364 g/mol. The van der Waals surface area contributed by atoms with E-state index in [9.17, 15) is 4.79 Å². The molecule has 0 heterocycles. The zero-order valence-electron chi connectivity index (χ0n) is 16.8. The fourth-order valence-corrected chi connectivity index (χ4v) is 2.55. The van der Waals surface area contributed by atoms with Crippen LogP contribution in [0.25, 0.3) is 6.08 Å². The Morgan fingerprint density at radius 1 is 1.11 bits per heavy atom. The Morgan fingerprint density at radius 3 is 2.37 bits per heavy atom. The normalized spacial score (nSPS) is 12.7. The topological polar surface area (TPSA) is 44.8 Å². The summed E-state index contributed by atoms with van der Waals surface area (Å²) in [5.74, 6) is 0.947. The lowest BCUT2D eigenvalue weighted by Crippen LogP contribution is -1.99. The minimum Gasteiger partial charge on any atom is -0.496 e. The van der Waals surface area contributed by atoms with Crippen LogP contribution < -0.4 is 9.47 Å². The number of hydrogen-bond donors (Lipinski definition) is 0. The molecule has 0 radical (unpaired) electrons. The fraction of sp³-hybridized carbons (Fsp3) is 0.318. The Morgan fingerprint density at radius 2 is 1.78 bits per heavy atom. The molecule has 0 aromatic heterocycles. The second kappa shape index (κ2) is 11.3. The van der Waals surface area contributed by atoms with Gasteiger partial charge in [-0.05, 0) is 38.8 Å². The van der Waals surface area contributed by atoms with Crippen molar-refractivity contribution in [2.45, 2.75) is 27.7 Å². The predicted octanol–water partition coefficient (Wildman–Crippen LogP) is 5.69. The summed E-state index contributed by atoms with van der Waals surface area (Å²) in [6.07, 6.45) is 11.1. The first-order valence-electron chi connectivity index (χ1n) is 8.63. The molecule has 1 aromatic carbocycles. The van der Waals surface area contributed by atoms with Gasteiger partial charge in [-0.25, -0.2) is 4.79 Å². The van der Waals surface area contributed by atoms with E-state index in [1.165, 1.54) is 6.08 Å². The van der Waals surface area contributed by atoms with Gasteiger partial charge in [0.15, 0.2) is 0 Å². The number of ether oxygens (including phenoxy) is 3. The molecule has 5 heteroatoms. The number of rotatable bonds is 8. The van der Waals surface area contributed by atoms with E-state index >= 15 is 0 Å². The highest BCUT2D eigenvalue weighted by Crippen LogP contribution is 2.37. The van der Waals surface area contributed by atoms with Crippen molar-refractivity contribution in [1.82, 2.24) is 0 Å². The number of hydrogen-bond acceptors (Lipinski definition) is 4. The molecular formula is C22H27ClO4. The van der Waals surface area contributed by atoms with Crippen LogP contribution in [0, 0.1) is 6.92 Å². The minimum absolute atomic E-state index is 0.334. The zero-order valence-corrected chi connectivity index (χ0v) is 17.5. The number of carbonyl (C=O) groups excluding carboxylic acids is 1. The van der Waals surface area contributed by atoms with E-state index in [0.717, 1.165) is 22.3 Å². The highest BCUT2D eigenvalue weighted by atomic mass is 35.5. The summed E-state index contributed by atoms with van der Waals surface area (Å²) in [5.41, 5.74) is 3.64. The van der Waals surface area contributed by atoms with Gasteiger partial charge in [-0.1, -0.05) is 47.6 Å². The Hall–Kier alpha value is -2.46. The molecule has 1 rings (SSSR count). The first-order chi connectivity index (χ1) is 12.8. The number of halogens is 1. The second-order valence-electron chi connectivity index (χ2n) is 5.88. The van der Waals surface area contributed by atoms with Gasteiger partial charge in [-0.3, -0.25) is 0 Å². The Labute approximate surface area is 166 Å². The van der Waals surface area contributed by atoms with Gasteiger partial charge in [0.1, 0.15) is 11.5 Å². The Bertz CT molecular complexity index is 786. The van der Waals surface area contributed by atoms with Gasteiger partial charge < -0.3 is 14.2 Å². The van der Waals surface area contributed by atoms with E-state index in [0.29, 0.717) is 23.1 Å². The predicted molar refractivity (Wildman–Crippen MR) is 112 cm³/mol. The lowest BCUT2D eigenvalue weighted by atomic mass is 10.0. The monoisotopic (exact) mass is 390 g/mol. The smallest absolute Gasteiger partial charge is 0.330 e. The number of methoxy groups -OCH3 is 2. The van der Waals surface area contributed by atoms with Gasteiger partial charge in [0, 0.05) is 17.7 Å². The van der Waals surface area contributed by atoms with Gasteiger partial charge >= 0.3 is 5.97 Å². The van der Waals surface area contributed by atoms with Crippen LogP contribution >= 0.6 is 11.6 Å². The summed E-state index contributed by atoms with van der Waals surface area (Å²) in [5, 5.41) is 0.569. The van der Waals surface area contributed by atoms with Crippen LogP contribution in [-0.2, 0) is 9.53 Å². The van der Waals surface area contributed by atoms with Crippen LogP contribution in [0.4, 0.5) is 0 Å². The summed E-state index contributed by atoms with van der Waals surface area (Å²) in [6.45, 7) is 7.91. The standard InChI is InChI=1S/C22H27ClO4/c1-7-27-21(24)13-16(3)10-8-9-15(2)11-12-18-17(4)22(23)20(26-6)14-19(18)25-5/h8-14H,7H2,1-6H3/b10-8+,12-11+,15-9+,16-13+. The quantitative estimate of drug-likeness (QED) is 0.325. The molecule has 0 saturated carbocycles. The minimum atomic E-state index is -0.334. The average Bonchev–Trinajstić information content (AvgIpc) is 2.62. The lowest BCUT2D eigenvalue weighted by molar-refractivity contribution is -0.137. The van der Waals surface area contributed by atoms with Gasteiger partial charge in [-0.15, -0.1) is 0 Å². The summed E-state index contributed by atoms with van der Waals surface area (Å²) in [4.78, 5) is 11.4. The lowest BCUT2D eigenvalue weighted by Gasteiger charge is -2.13. The fourth-order valence-electron chi connectivity index (χ4n) is 2.31. The van der Waals surface area contributed by atoms with Crippen molar-refractivity contribution in [3.63, 3.8) is 0 Å². The maximum atomic E-state index is 11.4. The van der Waals surface area contributed by atoms with Crippen LogP contribution in [0.2, 0.25) is 5.02 Å². The molecule has 0 N–H and O–H groups in total. The number of carbonyl (C=O) groups is 1. The molecule has 4 nitrogen and oxygen atoms in total. The van der Waals surface area contributed by atoms with Gasteiger partial charge in [0.2, 0.25) is 0 Å². The molecule has 27 heavy (non-hydrogen) atoms. The van der Waals surface area contributed by atoms with Crippen molar-refractivity contribution < 1.29 is 19.0 Å². The highest BCUT2D eigenvalue weighted by molar-refractivity contribution is 6.33. The third-order valence-electron chi connectivity index (χ3n) is 3.78. The van der Waals surface area contributed by atoms with Crippen LogP contribution in [0.3, 0.4) is 0 Å². The molecule has 0 unspecified atom stereocenters. The molecule has 0 aliphatic rings. The second-order valence-corrected chi connectivity index (χ2v) is 6.26. The van der Waals surface area contributed by atoms with E-state index in [4.69, 9.17) is 25.8 Å². The molecule has 0 atom stereocenters. The van der Waals surface area contributed by atoms with Crippen molar-refractivity contribution in [2.24, 2.45) is 0 Å². The molecule has 146 valence electrons. The molecule has 0 spiro atoms. The first kappa shape index (κ1) is 22.6. The van der Waals surface area contributed by atoms with Crippen molar-refractivity contribution in [1.29, 1.82) is 0 Å². The van der Waals surface area contributed by atoms with Crippen molar-refractivity contribution >= 4 is 23.6 Å². The van der Waals surface area contributed by atoms with E-state index in [2.05, 4.69) is 0 Å². The molecule has 0 aliphatic carbocycles. The third-order valence-corrected chi connectivity index (χ3v) is 4.25. The molecule has 0 fully saturated rings. The number of allylic oxidation sites excluding steroid dienone is 6. The maximum absolute atomic E-state index is 11.4. The van der Waals surface area contributed by atoms with Crippen LogP contribution in [-0.4, -0.2) is 26.8 Å². The van der Waals surface area contributed by atoms with E-state index < -0.39 is 0 Å². The first-order valence-corrected chi connectivity index (χ1v) is 9.01. The van der Waals surface area contributed by atoms with Crippen LogP contribution in [0.15, 0.2) is 47.6 Å². The number of benzene rings is 1. The van der Waals surface area contributed by atoms with Crippen LogP contribution in [0.5, 0.6) is 11.5 Å². The van der Waals surface area contributed by atoms with Gasteiger partial charge in [0.05, 0.1) is 25.8 Å². The summed E-state index contributed by atoms with van der Waals surface area (Å²) in [7, 11) is 3.19. The summed E-state index contributed by atoms with van der Waals surface area (Å²) >= 11 is 6.34. The molecule has 0 aliphatic heterocycles. The van der Waals surface area contributed by atoms with E-state index in [-0.39, 0.29) is 5.97 Å². The summed E-state index contributed by atoms with van der Waals surface area (Å²) < 4.78 is 15.6. The Balaban J connectivity index is 2.97. The highest BCUT2D eigenvalue weighted by Gasteiger charge is 2.13. The SMILES string of the molecule is CCOC(=O)/C=C(C)/C=C/C=C(C)/C=C/c1c(OC)cc(OC)c(Cl)c1C. The van der Waals surface area contributed by atoms with Gasteiger partial charge in [0.25, 0.3) is 0 Å². The Kier molecular flexibility index (Phi) is 9.45. The zero-order chi connectivity index (χ0) is 20.4. The maximum Gasteiger partial charge on any atom is 0.330 e. The molecule has 0 amide bonds. The van der Waals surface area contributed by atoms with Crippen molar-refractivity contribution in [3.05, 3.63) is 63.7 Å². The summed E-state index contributed by atoms with van der Waals surface area (Å²) in [6, 6.07) is 1.78. The third kappa shape index (κ3) is 6.99. The molecule has 0 bridgehead atoms.